The average molecular weight is 240 g/mol. The lowest BCUT2D eigenvalue weighted by Gasteiger charge is -2.38. The van der Waals surface area contributed by atoms with Crippen LogP contribution in [-0.4, -0.2) is 36.5 Å². The number of carbonyl (C=O) groups excluding carboxylic acids is 1. The molecule has 0 unspecified atom stereocenters. The maximum atomic E-state index is 12.0. The SMILES string of the molecule is CC(C)CNC(=O)[C@H](C)N1C[C@H](C)C[C@@H](C)C1. The maximum Gasteiger partial charge on any atom is 0.237 e. The Morgan fingerprint density at radius 3 is 2.24 bits per heavy atom. The second-order valence-corrected chi connectivity index (χ2v) is 6.21. The van der Waals surface area contributed by atoms with Gasteiger partial charge < -0.3 is 5.32 Å². The number of nitrogens with zero attached hydrogens (tertiary/aromatic N) is 1. The second kappa shape index (κ2) is 6.39. The minimum absolute atomic E-state index is 0.0129. The van der Waals surface area contributed by atoms with Gasteiger partial charge in [0, 0.05) is 19.6 Å². The molecular formula is C14H28N2O. The highest BCUT2D eigenvalue weighted by molar-refractivity contribution is 5.81. The summed E-state index contributed by atoms with van der Waals surface area (Å²) in [5.74, 6) is 2.11. The molecule has 0 radical (unpaired) electrons. The van der Waals surface area contributed by atoms with E-state index in [0.29, 0.717) is 17.8 Å². The van der Waals surface area contributed by atoms with Crippen molar-refractivity contribution in [3.8, 4) is 0 Å². The summed E-state index contributed by atoms with van der Waals surface area (Å²) < 4.78 is 0. The topological polar surface area (TPSA) is 32.3 Å². The molecule has 1 fully saturated rings. The minimum atomic E-state index is 0.0129. The highest BCUT2D eigenvalue weighted by atomic mass is 16.2. The number of carbonyl (C=O) groups is 1. The van der Waals surface area contributed by atoms with E-state index in [-0.39, 0.29) is 11.9 Å². The van der Waals surface area contributed by atoms with Gasteiger partial charge in [0.1, 0.15) is 0 Å². The van der Waals surface area contributed by atoms with E-state index in [0.717, 1.165) is 19.6 Å². The fraction of sp³-hybridized carbons (Fsp3) is 0.929. The summed E-state index contributed by atoms with van der Waals surface area (Å²) in [4.78, 5) is 14.3. The number of piperidine rings is 1. The number of likely N-dealkylation sites (tertiary alicyclic amines) is 1. The number of hydrogen-bond donors (Lipinski definition) is 1. The predicted octanol–water partition coefficient (Wildman–Crippen LogP) is 2.12. The molecule has 0 aromatic rings. The molecule has 0 aliphatic carbocycles. The first-order valence-electron chi connectivity index (χ1n) is 6.91. The van der Waals surface area contributed by atoms with Gasteiger partial charge in [-0.2, -0.15) is 0 Å². The van der Waals surface area contributed by atoms with Crippen LogP contribution in [0.25, 0.3) is 0 Å². The van der Waals surface area contributed by atoms with Crippen molar-refractivity contribution in [1.82, 2.24) is 10.2 Å². The fourth-order valence-electron chi connectivity index (χ4n) is 2.65. The molecule has 1 amide bonds. The summed E-state index contributed by atoms with van der Waals surface area (Å²) in [5, 5.41) is 3.03. The van der Waals surface area contributed by atoms with Gasteiger partial charge in [-0.15, -0.1) is 0 Å². The first-order chi connectivity index (χ1) is 7.90. The molecule has 0 saturated carbocycles. The molecule has 0 bridgehead atoms. The molecule has 1 heterocycles. The zero-order valence-corrected chi connectivity index (χ0v) is 12.0. The molecule has 0 aromatic heterocycles. The van der Waals surface area contributed by atoms with Gasteiger partial charge in [-0.1, -0.05) is 27.7 Å². The van der Waals surface area contributed by atoms with Crippen molar-refractivity contribution in [2.24, 2.45) is 17.8 Å². The third kappa shape index (κ3) is 4.66. The zero-order chi connectivity index (χ0) is 13.0. The van der Waals surface area contributed by atoms with Gasteiger partial charge in [-0.3, -0.25) is 9.69 Å². The number of rotatable bonds is 4. The van der Waals surface area contributed by atoms with Crippen molar-refractivity contribution in [3.05, 3.63) is 0 Å². The van der Waals surface area contributed by atoms with Gasteiger partial charge in [-0.25, -0.2) is 0 Å². The maximum absolute atomic E-state index is 12.0. The van der Waals surface area contributed by atoms with Crippen LogP contribution in [0.1, 0.15) is 41.0 Å². The summed E-state index contributed by atoms with van der Waals surface area (Å²) in [5.41, 5.74) is 0. The largest absolute Gasteiger partial charge is 0.354 e. The molecule has 3 atom stereocenters. The smallest absolute Gasteiger partial charge is 0.237 e. The molecule has 1 aliphatic heterocycles. The van der Waals surface area contributed by atoms with Gasteiger partial charge in [0.25, 0.3) is 0 Å². The summed E-state index contributed by atoms with van der Waals surface area (Å²) >= 11 is 0. The molecule has 1 saturated heterocycles. The van der Waals surface area contributed by atoms with E-state index < -0.39 is 0 Å². The van der Waals surface area contributed by atoms with Gasteiger partial charge in [0.2, 0.25) is 5.91 Å². The summed E-state index contributed by atoms with van der Waals surface area (Å²) in [6, 6.07) is 0.0129. The van der Waals surface area contributed by atoms with E-state index in [1.54, 1.807) is 0 Å². The second-order valence-electron chi connectivity index (χ2n) is 6.21. The third-order valence-electron chi connectivity index (χ3n) is 3.51. The number of nitrogens with one attached hydrogen (secondary N) is 1. The molecule has 1 rings (SSSR count). The quantitative estimate of drug-likeness (QED) is 0.816. The van der Waals surface area contributed by atoms with Crippen molar-refractivity contribution in [2.75, 3.05) is 19.6 Å². The summed E-state index contributed by atoms with van der Waals surface area (Å²) in [7, 11) is 0. The van der Waals surface area contributed by atoms with E-state index in [4.69, 9.17) is 0 Å². The molecule has 100 valence electrons. The summed E-state index contributed by atoms with van der Waals surface area (Å²) in [6.45, 7) is 13.7. The Labute approximate surface area is 106 Å². The molecular weight excluding hydrogens is 212 g/mol. The monoisotopic (exact) mass is 240 g/mol. The van der Waals surface area contributed by atoms with Crippen LogP contribution in [0.2, 0.25) is 0 Å². The molecule has 1 N–H and O–H groups in total. The van der Waals surface area contributed by atoms with Gasteiger partial charge in [0.15, 0.2) is 0 Å². The Hall–Kier alpha value is -0.570. The van der Waals surface area contributed by atoms with E-state index in [2.05, 4.69) is 37.9 Å². The lowest BCUT2D eigenvalue weighted by atomic mass is 9.91. The van der Waals surface area contributed by atoms with Crippen LogP contribution >= 0.6 is 0 Å². The predicted molar refractivity (Wildman–Crippen MR) is 71.8 cm³/mol. The van der Waals surface area contributed by atoms with Crippen molar-refractivity contribution < 1.29 is 4.79 Å². The first-order valence-corrected chi connectivity index (χ1v) is 6.91. The van der Waals surface area contributed by atoms with E-state index >= 15 is 0 Å². The fourth-order valence-corrected chi connectivity index (χ4v) is 2.65. The van der Waals surface area contributed by atoms with Crippen molar-refractivity contribution in [1.29, 1.82) is 0 Å². The third-order valence-corrected chi connectivity index (χ3v) is 3.51. The number of amides is 1. The average Bonchev–Trinajstić information content (AvgIpc) is 2.23. The van der Waals surface area contributed by atoms with E-state index in [1.165, 1.54) is 6.42 Å². The molecule has 0 spiro atoms. The molecule has 3 nitrogen and oxygen atoms in total. The Balaban J connectivity index is 2.45. The van der Waals surface area contributed by atoms with Crippen molar-refractivity contribution >= 4 is 5.91 Å². The van der Waals surface area contributed by atoms with Crippen LogP contribution in [0.15, 0.2) is 0 Å². The van der Waals surface area contributed by atoms with Crippen LogP contribution < -0.4 is 5.32 Å². The molecule has 1 aliphatic rings. The lowest BCUT2D eigenvalue weighted by molar-refractivity contribution is -0.127. The Kier molecular flexibility index (Phi) is 5.44. The minimum Gasteiger partial charge on any atom is -0.354 e. The van der Waals surface area contributed by atoms with E-state index in [1.807, 2.05) is 6.92 Å². The van der Waals surface area contributed by atoms with Crippen LogP contribution in [0.3, 0.4) is 0 Å². The van der Waals surface area contributed by atoms with Crippen LogP contribution in [-0.2, 0) is 4.79 Å². The molecule has 17 heavy (non-hydrogen) atoms. The van der Waals surface area contributed by atoms with Crippen molar-refractivity contribution in [2.45, 2.75) is 47.1 Å². The standard InChI is InChI=1S/C14H28N2O/c1-10(2)7-15-14(17)13(5)16-8-11(3)6-12(4)9-16/h10-13H,6-9H2,1-5H3,(H,15,17)/t11-,12-,13+/m1/s1. The zero-order valence-electron chi connectivity index (χ0n) is 12.0. The van der Waals surface area contributed by atoms with Crippen LogP contribution in [0, 0.1) is 17.8 Å². The molecule has 0 aromatic carbocycles. The van der Waals surface area contributed by atoms with E-state index in [9.17, 15) is 4.79 Å². The number of hydrogen-bond acceptors (Lipinski definition) is 2. The van der Waals surface area contributed by atoms with Gasteiger partial charge in [-0.05, 0) is 31.1 Å². The first kappa shape index (κ1) is 14.5. The Bertz CT molecular complexity index is 243. The van der Waals surface area contributed by atoms with Crippen LogP contribution in [0.5, 0.6) is 0 Å². The Morgan fingerprint density at radius 2 is 1.76 bits per heavy atom. The van der Waals surface area contributed by atoms with Gasteiger partial charge >= 0.3 is 0 Å². The van der Waals surface area contributed by atoms with Gasteiger partial charge in [0.05, 0.1) is 6.04 Å². The highest BCUT2D eigenvalue weighted by Gasteiger charge is 2.28. The van der Waals surface area contributed by atoms with Crippen molar-refractivity contribution in [3.63, 3.8) is 0 Å². The normalized spacial score (nSPS) is 28.1. The lowest BCUT2D eigenvalue weighted by Crippen LogP contribution is -2.51. The Morgan fingerprint density at radius 1 is 1.24 bits per heavy atom. The van der Waals surface area contributed by atoms with Crippen LogP contribution in [0.4, 0.5) is 0 Å². The molecule has 3 heteroatoms. The summed E-state index contributed by atoms with van der Waals surface area (Å²) in [6.07, 6.45) is 1.29. The highest BCUT2D eigenvalue weighted by Crippen LogP contribution is 2.22.